The fourth-order valence-electron chi connectivity index (χ4n) is 5.57. The van der Waals surface area contributed by atoms with E-state index in [9.17, 15) is 19.2 Å². The number of hydrogen-bond acceptors (Lipinski definition) is 4. The van der Waals surface area contributed by atoms with Gasteiger partial charge in [-0.2, -0.15) is 0 Å². The van der Waals surface area contributed by atoms with Crippen LogP contribution in [0.3, 0.4) is 0 Å². The molecule has 1 saturated carbocycles. The number of likely N-dealkylation sites (N-methyl/N-ethyl adjacent to an activating group) is 1. The Morgan fingerprint density at radius 2 is 1.72 bits per heavy atom. The number of rotatable bonds is 1. The van der Waals surface area contributed by atoms with Crippen molar-refractivity contribution in [2.75, 3.05) is 7.05 Å². The van der Waals surface area contributed by atoms with Gasteiger partial charge in [-0.15, -0.1) is 0 Å². The summed E-state index contributed by atoms with van der Waals surface area (Å²) in [5.74, 6) is -2.01. The van der Waals surface area contributed by atoms with Crippen LogP contribution in [0, 0.1) is 29.6 Å². The van der Waals surface area contributed by atoms with Gasteiger partial charge >= 0.3 is 0 Å². The second-order valence-electron chi connectivity index (χ2n) is 9.62. The lowest BCUT2D eigenvalue weighted by Crippen LogP contribution is -2.53. The van der Waals surface area contributed by atoms with E-state index in [-0.39, 0.29) is 41.4 Å². The highest BCUT2D eigenvalue weighted by Crippen LogP contribution is 2.38. The molecule has 3 amide bonds. The molecule has 0 aromatic heterocycles. The first kappa shape index (κ1) is 21.8. The molecule has 3 N–H and O–H groups in total. The quantitative estimate of drug-likeness (QED) is 0.691. The summed E-state index contributed by atoms with van der Waals surface area (Å²) in [5, 5.41) is 3.05. The van der Waals surface area contributed by atoms with Crippen molar-refractivity contribution in [1.29, 1.82) is 0 Å². The molecule has 7 heteroatoms. The third-order valence-electron chi connectivity index (χ3n) is 7.33. The Hall–Kier alpha value is -1.92. The van der Waals surface area contributed by atoms with Gasteiger partial charge in [0.05, 0.1) is 6.04 Å². The molecule has 0 spiro atoms. The Morgan fingerprint density at radius 3 is 2.41 bits per heavy atom. The van der Waals surface area contributed by atoms with Gasteiger partial charge in [0, 0.05) is 36.8 Å². The summed E-state index contributed by atoms with van der Waals surface area (Å²) in [6.45, 7) is 3.98. The van der Waals surface area contributed by atoms with Gasteiger partial charge in [0.1, 0.15) is 0 Å². The number of carbonyl (C=O) groups excluding carboxylic acids is 4. The van der Waals surface area contributed by atoms with Gasteiger partial charge in [-0.05, 0) is 44.4 Å². The Labute approximate surface area is 173 Å². The molecule has 2 unspecified atom stereocenters. The summed E-state index contributed by atoms with van der Waals surface area (Å²) in [7, 11) is 1.71. The van der Waals surface area contributed by atoms with Gasteiger partial charge in [0.15, 0.2) is 5.78 Å². The molecule has 7 atom stereocenters. The third-order valence-corrected chi connectivity index (χ3v) is 7.33. The molecule has 2 saturated heterocycles. The Morgan fingerprint density at radius 1 is 1.03 bits per heavy atom. The zero-order valence-corrected chi connectivity index (χ0v) is 17.9. The number of primary amides is 1. The molecule has 7 nitrogen and oxygen atoms in total. The summed E-state index contributed by atoms with van der Waals surface area (Å²) in [6.07, 6.45) is 5.72. The molecule has 162 valence electrons. The number of fused-ring (bicyclic) bond motifs is 4. The number of Topliss-reactive ketones (excluding diaryl/α,β-unsaturated/α-hetero) is 1. The van der Waals surface area contributed by atoms with Gasteiger partial charge in [-0.3, -0.25) is 19.2 Å². The van der Waals surface area contributed by atoms with E-state index in [1.54, 1.807) is 11.9 Å². The molecule has 29 heavy (non-hydrogen) atoms. The summed E-state index contributed by atoms with van der Waals surface area (Å²) in [4.78, 5) is 52.7. The summed E-state index contributed by atoms with van der Waals surface area (Å²) < 4.78 is 0. The summed E-state index contributed by atoms with van der Waals surface area (Å²) in [5.41, 5.74) is 5.73. The average Bonchev–Trinajstić information content (AvgIpc) is 3.02. The zero-order chi connectivity index (χ0) is 21.3. The predicted octanol–water partition coefficient (Wildman–Crippen LogP) is 1.64. The van der Waals surface area contributed by atoms with E-state index in [1.165, 1.54) is 0 Å². The largest absolute Gasteiger partial charge is 0.369 e. The number of nitrogens with one attached hydrogen (secondary N) is 1. The highest BCUT2D eigenvalue weighted by Gasteiger charge is 2.46. The van der Waals surface area contributed by atoms with E-state index in [4.69, 9.17) is 5.73 Å². The molecule has 3 rings (SSSR count). The topological polar surface area (TPSA) is 110 Å². The van der Waals surface area contributed by atoms with Gasteiger partial charge < -0.3 is 16.0 Å². The molecule has 4 bridgehead atoms. The van der Waals surface area contributed by atoms with E-state index < -0.39 is 23.8 Å². The van der Waals surface area contributed by atoms with Gasteiger partial charge in [0.2, 0.25) is 17.7 Å². The van der Waals surface area contributed by atoms with Crippen molar-refractivity contribution < 1.29 is 19.2 Å². The Balaban J connectivity index is 1.92. The number of nitrogens with zero attached hydrogens (tertiary/aromatic N) is 1. The second kappa shape index (κ2) is 8.84. The lowest BCUT2D eigenvalue weighted by molar-refractivity contribution is -0.147. The van der Waals surface area contributed by atoms with E-state index in [1.807, 2.05) is 6.92 Å². The molecule has 3 aliphatic rings. The van der Waals surface area contributed by atoms with Crippen molar-refractivity contribution in [3.63, 3.8) is 0 Å². The fraction of sp³-hybridized carbons (Fsp3) is 0.818. The van der Waals surface area contributed by atoms with Crippen LogP contribution in [0.4, 0.5) is 0 Å². The van der Waals surface area contributed by atoms with E-state index in [0.717, 1.165) is 25.7 Å². The van der Waals surface area contributed by atoms with E-state index in [0.29, 0.717) is 25.7 Å². The smallest absolute Gasteiger partial charge is 0.225 e. The van der Waals surface area contributed by atoms with Gasteiger partial charge in [-0.1, -0.05) is 26.7 Å². The van der Waals surface area contributed by atoms with Crippen LogP contribution in [-0.4, -0.2) is 47.5 Å². The van der Waals surface area contributed by atoms with Crippen LogP contribution in [0.1, 0.15) is 65.2 Å². The van der Waals surface area contributed by atoms with Crippen LogP contribution in [-0.2, 0) is 19.2 Å². The first-order valence-corrected chi connectivity index (χ1v) is 11.1. The minimum Gasteiger partial charge on any atom is -0.369 e. The molecular weight excluding hydrogens is 370 g/mol. The van der Waals surface area contributed by atoms with Crippen LogP contribution in [0.15, 0.2) is 0 Å². The lowest BCUT2D eigenvalue weighted by atomic mass is 9.69. The monoisotopic (exact) mass is 405 g/mol. The minimum absolute atomic E-state index is 0.00322. The Bertz CT molecular complexity index is 679. The van der Waals surface area contributed by atoms with E-state index >= 15 is 0 Å². The van der Waals surface area contributed by atoms with Crippen LogP contribution in [0.5, 0.6) is 0 Å². The number of hydrogen-bond donors (Lipinski definition) is 2. The van der Waals surface area contributed by atoms with Crippen molar-refractivity contribution >= 4 is 23.5 Å². The lowest BCUT2D eigenvalue weighted by Gasteiger charge is -2.40. The van der Waals surface area contributed by atoms with Crippen molar-refractivity contribution in [3.05, 3.63) is 0 Å². The fourth-order valence-corrected chi connectivity index (χ4v) is 5.57. The van der Waals surface area contributed by atoms with Gasteiger partial charge in [0.25, 0.3) is 0 Å². The molecule has 2 heterocycles. The predicted molar refractivity (Wildman–Crippen MR) is 108 cm³/mol. The summed E-state index contributed by atoms with van der Waals surface area (Å²) >= 11 is 0. The highest BCUT2D eigenvalue weighted by molar-refractivity contribution is 5.95. The van der Waals surface area contributed by atoms with E-state index in [2.05, 4.69) is 12.2 Å². The maximum absolute atomic E-state index is 13.4. The second-order valence-corrected chi connectivity index (χ2v) is 9.62. The van der Waals surface area contributed by atoms with Crippen LogP contribution >= 0.6 is 0 Å². The van der Waals surface area contributed by atoms with Crippen LogP contribution in [0.2, 0.25) is 0 Å². The molecule has 0 aromatic carbocycles. The van der Waals surface area contributed by atoms with Crippen LogP contribution < -0.4 is 11.1 Å². The van der Waals surface area contributed by atoms with Crippen molar-refractivity contribution in [2.24, 2.45) is 35.3 Å². The molecule has 2 aliphatic heterocycles. The zero-order valence-electron chi connectivity index (χ0n) is 17.9. The van der Waals surface area contributed by atoms with Crippen LogP contribution in [0.25, 0.3) is 0 Å². The van der Waals surface area contributed by atoms with Crippen molar-refractivity contribution in [2.45, 2.75) is 77.3 Å². The minimum atomic E-state index is -0.659. The maximum Gasteiger partial charge on any atom is 0.225 e. The van der Waals surface area contributed by atoms with Gasteiger partial charge in [-0.25, -0.2) is 0 Å². The number of nitrogens with two attached hydrogens (primary N) is 1. The molecule has 1 aliphatic carbocycles. The van der Waals surface area contributed by atoms with Crippen molar-refractivity contribution in [3.8, 4) is 0 Å². The molecular formula is C22H35N3O4. The average molecular weight is 406 g/mol. The highest BCUT2D eigenvalue weighted by atomic mass is 16.2. The normalized spacial score (nSPS) is 39.5. The number of ketones is 1. The number of carbonyl (C=O) groups is 4. The molecule has 0 radical (unpaired) electrons. The summed E-state index contributed by atoms with van der Waals surface area (Å²) in [6, 6.07) is -0.413. The maximum atomic E-state index is 13.4. The third kappa shape index (κ3) is 4.64. The number of amides is 3. The Kier molecular flexibility index (Phi) is 6.64. The standard InChI is InChI=1S/C22H35N3O4/c1-12-8-16-17(20(23)27)11-14-10-15(24-21(14)28)7-5-4-6-13(2)22(29)25(3)18(9-12)19(16)26/h12-18H,4-11H2,1-3H3,(H2,23,27)(H,24,28)/t12?,13-,14-,15+,16?,17+,18-/m0/s1. The molecule has 0 aromatic rings. The molecule has 3 fully saturated rings. The SMILES string of the molecule is CC1CC2C(=O)[C@H](C1)N(C)C(=O)[C@@H](C)CCCC[C@@H]1C[C@@H](C[C@H]2C(N)=O)C(=O)N1. The first-order chi connectivity index (χ1) is 13.7. The first-order valence-electron chi connectivity index (χ1n) is 11.1. The van der Waals surface area contributed by atoms with Crippen molar-refractivity contribution in [1.82, 2.24) is 10.2 Å².